The summed E-state index contributed by atoms with van der Waals surface area (Å²) in [6.07, 6.45) is 0. The first-order valence-corrected chi connectivity index (χ1v) is 6.71. The van der Waals surface area contributed by atoms with E-state index in [2.05, 4.69) is 18.8 Å². The van der Waals surface area contributed by atoms with Gasteiger partial charge in [-0.1, -0.05) is 0 Å². The molecule has 0 aliphatic heterocycles. The summed E-state index contributed by atoms with van der Waals surface area (Å²) in [4.78, 5) is 21.3. The molecule has 0 atom stereocenters. The third kappa shape index (κ3) is 5.89. The topological polar surface area (TPSA) is 151 Å². The van der Waals surface area contributed by atoms with Crippen molar-refractivity contribution in [3.8, 4) is 0 Å². The van der Waals surface area contributed by atoms with Crippen molar-refractivity contribution < 1.29 is 64.2 Å². The molecule has 0 aliphatic carbocycles. The van der Waals surface area contributed by atoms with E-state index in [1.54, 1.807) is 0 Å². The number of alkyl halides is 4. The molecule has 0 saturated heterocycles. The molecule has 130 valence electrons. The summed E-state index contributed by atoms with van der Waals surface area (Å²) in [6.45, 7) is -2.44. The van der Waals surface area contributed by atoms with Crippen LogP contribution in [0.15, 0.2) is 0 Å². The number of hydrogen-bond acceptors (Lipinski definition) is 11. The highest BCUT2D eigenvalue weighted by atomic mass is 32.2. The van der Waals surface area contributed by atoms with Crippen molar-refractivity contribution in [1.82, 2.24) is 0 Å². The fourth-order valence-corrected chi connectivity index (χ4v) is 1.13. The molecule has 0 aromatic heterocycles. The van der Waals surface area contributed by atoms with E-state index in [1.807, 2.05) is 0 Å². The van der Waals surface area contributed by atoms with E-state index in [4.69, 9.17) is 0 Å². The maximum absolute atomic E-state index is 12.7. The van der Waals surface area contributed by atoms with Crippen LogP contribution in [0.3, 0.4) is 0 Å². The maximum atomic E-state index is 12.7. The van der Waals surface area contributed by atoms with Crippen molar-refractivity contribution in [3.63, 3.8) is 0 Å². The molecule has 10 nitrogen and oxygen atoms in total. The lowest BCUT2D eigenvalue weighted by atomic mass is 10.6. The van der Waals surface area contributed by atoms with Crippen LogP contribution in [0.25, 0.3) is 0 Å². The van der Waals surface area contributed by atoms with Crippen LogP contribution < -0.4 is 5.26 Å². The highest BCUT2D eigenvalue weighted by Gasteiger charge is 2.48. The molecule has 22 heavy (non-hydrogen) atoms. The second-order valence-corrected chi connectivity index (χ2v) is 5.22. The standard InChI is InChI=1S/C6H6F4O10S2/c7-5(8,21-20-19-13)3(11)17-1-2-18-4(12)6(9,10)22(14,15)16/h13H,1-2H2,(H,14,15,16)/p-2. The molecule has 0 spiro atoms. The van der Waals surface area contributed by atoms with Gasteiger partial charge in [0.1, 0.15) is 25.3 Å². The minimum atomic E-state index is -6.34. The molecule has 0 bridgehead atoms. The zero-order valence-corrected chi connectivity index (χ0v) is 11.5. The lowest BCUT2D eigenvalue weighted by molar-refractivity contribution is -0.777. The third-order valence-corrected chi connectivity index (χ3v) is 2.80. The number of esters is 2. The average Bonchev–Trinajstić information content (AvgIpc) is 2.39. The van der Waals surface area contributed by atoms with Gasteiger partial charge in [0.15, 0.2) is 10.1 Å². The zero-order chi connectivity index (χ0) is 17.6. The SMILES string of the molecule is O=C(OCCOC(=O)C(F)(F)S(=O)(=O)[O-])C(F)(F)SOO[O-]. The Labute approximate surface area is 123 Å². The first-order chi connectivity index (χ1) is 9.86. The second kappa shape index (κ2) is 7.88. The van der Waals surface area contributed by atoms with Gasteiger partial charge >= 0.3 is 22.4 Å². The molecular formula is C6H4F4O10S2-2. The van der Waals surface area contributed by atoms with Crippen LogP contribution in [0.4, 0.5) is 17.6 Å². The van der Waals surface area contributed by atoms with Gasteiger partial charge in [0.2, 0.25) is 0 Å². The van der Waals surface area contributed by atoms with Gasteiger partial charge in [-0.15, -0.1) is 0 Å². The Bertz CT molecular complexity index is 506. The molecule has 0 rings (SSSR count). The van der Waals surface area contributed by atoms with E-state index in [0.717, 1.165) is 0 Å². The van der Waals surface area contributed by atoms with Gasteiger partial charge in [-0.05, 0) is 0 Å². The molecule has 16 heteroatoms. The lowest BCUT2D eigenvalue weighted by Gasteiger charge is -2.18. The monoisotopic (exact) mass is 376 g/mol. The highest BCUT2D eigenvalue weighted by Crippen LogP contribution is 2.30. The van der Waals surface area contributed by atoms with Gasteiger partial charge in [0, 0.05) is 0 Å². The Hall–Kier alpha value is -1.20. The Morgan fingerprint density at radius 3 is 1.91 bits per heavy atom. The molecular weight excluding hydrogens is 372 g/mol. The molecule has 0 fully saturated rings. The minimum Gasteiger partial charge on any atom is -0.743 e. The highest BCUT2D eigenvalue weighted by molar-refractivity contribution is 7.96. The molecule has 0 aromatic carbocycles. The Kier molecular flexibility index (Phi) is 7.45. The summed E-state index contributed by atoms with van der Waals surface area (Å²) in [5.74, 6) is -5.09. The predicted molar refractivity (Wildman–Crippen MR) is 51.3 cm³/mol. The molecule has 0 saturated carbocycles. The number of hydrogen-bond donors (Lipinski definition) is 0. The summed E-state index contributed by atoms with van der Waals surface area (Å²) < 4.78 is 91.2. The summed E-state index contributed by atoms with van der Waals surface area (Å²) in [5.41, 5.74) is 0. The number of ether oxygens (including phenoxy) is 2. The van der Waals surface area contributed by atoms with Gasteiger partial charge in [0.05, 0.1) is 0 Å². The van der Waals surface area contributed by atoms with Gasteiger partial charge in [-0.2, -0.15) is 21.9 Å². The number of rotatable bonds is 9. The van der Waals surface area contributed by atoms with E-state index in [-0.39, 0.29) is 0 Å². The minimum absolute atomic E-state index is 1.03. The van der Waals surface area contributed by atoms with Crippen molar-refractivity contribution in [3.05, 3.63) is 0 Å². The molecule has 0 amide bonds. The number of carbonyl (C=O) groups excluding carboxylic acids is 2. The van der Waals surface area contributed by atoms with Crippen LogP contribution in [-0.2, 0) is 38.6 Å². The normalized spacial score (nSPS) is 12.8. The van der Waals surface area contributed by atoms with Crippen molar-refractivity contribution in [2.24, 2.45) is 0 Å². The smallest absolute Gasteiger partial charge is 0.428 e. The molecule has 0 aliphatic rings. The van der Waals surface area contributed by atoms with E-state index in [1.165, 1.54) is 0 Å². The molecule has 0 heterocycles. The molecule has 0 N–H and O–H groups in total. The van der Waals surface area contributed by atoms with Crippen molar-refractivity contribution >= 4 is 34.1 Å². The third-order valence-electron chi connectivity index (χ3n) is 1.51. The molecule has 0 unspecified atom stereocenters. The maximum Gasteiger partial charge on any atom is 0.428 e. The molecule has 0 aromatic rings. The van der Waals surface area contributed by atoms with Crippen LogP contribution in [0, 0.1) is 0 Å². The Balaban J connectivity index is 4.29. The average molecular weight is 376 g/mol. The van der Waals surface area contributed by atoms with E-state index in [9.17, 15) is 45.4 Å². The lowest BCUT2D eigenvalue weighted by Crippen LogP contribution is -2.39. The van der Waals surface area contributed by atoms with Gasteiger partial charge < -0.3 is 19.3 Å². The summed E-state index contributed by atoms with van der Waals surface area (Å²) >= 11 is -1.03. The summed E-state index contributed by atoms with van der Waals surface area (Å²) in [5, 5.41) is 2.02. The van der Waals surface area contributed by atoms with Crippen LogP contribution in [0.5, 0.6) is 0 Å². The van der Waals surface area contributed by atoms with Crippen molar-refractivity contribution in [2.45, 2.75) is 10.5 Å². The number of carbonyl (C=O) groups is 2. The quantitative estimate of drug-likeness (QED) is 0.0895. The van der Waals surface area contributed by atoms with Gasteiger partial charge in [0.25, 0.3) is 0 Å². The summed E-state index contributed by atoms with van der Waals surface area (Å²) in [7, 11) is -6.34. The second-order valence-electron chi connectivity index (χ2n) is 2.98. The first-order valence-electron chi connectivity index (χ1n) is 4.56. The van der Waals surface area contributed by atoms with Crippen LogP contribution in [-0.4, -0.2) is 48.6 Å². The van der Waals surface area contributed by atoms with Crippen molar-refractivity contribution in [2.75, 3.05) is 13.2 Å². The molecule has 0 radical (unpaired) electrons. The van der Waals surface area contributed by atoms with Crippen LogP contribution >= 0.6 is 12.0 Å². The fourth-order valence-electron chi connectivity index (χ4n) is 0.629. The summed E-state index contributed by atoms with van der Waals surface area (Å²) in [6, 6.07) is 0. The predicted octanol–water partition coefficient (Wildman–Crippen LogP) is -1.32. The Morgan fingerprint density at radius 2 is 1.50 bits per heavy atom. The van der Waals surface area contributed by atoms with E-state index >= 15 is 0 Å². The zero-order valence-electron chi connectivity index (χ0n) is 9.83. The Morgan fingerprint density at radius 1 is 1.05 bits per heavy atom. The van der Waals surface area contributed by atoms with E-state index in [0.29, 0.717) is 0 Å². The van der Waals surface area contributed by atoms with Crippen LogP contribution in [0.1, 0.15) is 0 Å². The largest absolute Gasteiger partial charge is 0.743 e. The van der Waals surface area contributed by atoms with Crippen molar-refractivity contribution in [1.29, 1.82) is 0 Å². The number of halogens is 4. The van der Waals surface area contributed by atoms with Gasteiger partial charge in [-0.3, -0.25) is 5.04 Å². The van der Waals surface area contributed by atoms with Gasteiger partial charge in [-0.25, -0.2) is 18.0 Å². The fraction of sp³-hybridized carbons (Fsp3) is 0.667. The van der Waals surface area contributed by atoms with E-state index < -0.39 is 57.8 Å². The van der Waals surface area contributed by atoms with Crippen LogP contribution in [0.2, 0.25) is 0 Å². The first kappa shape index (κ1) is 20.8.